The minimum absolute atomic E-state index is 0.000506. The first-order valence-corrected chi connectivity index (χ1v) is 6.13. The number of fused-ring (bicyclic) bond motifs is 1. The second kappa shape index (κ2) is 4.42. The van der Waals surface area contributed by atoms with Gasteiger partial charge < -0.3 is 14.6 Å². The molecule has 0 saturated carbocycles. The summed E-state index contributed by atoms with van der Waals surface area (Å²) in [6.45, 7) is 1.64. The van der Waals surface area contributed by atoms with E-state index in [0.29, 0.717) is 11.3 Å². The van der Waals surface area contributed by atoms with Gasteiger partial charge in [0.15, 0.2) is 16.8 Å². The Morgan fingerprint density at radius 1 is 0.950 bits per heavy atom. The third-order valence-corrected chi connectivity index (χ3v) is 3.26. The largest absolute Gasteiger partial charge is 0.507 e. The van der Waals surface area contributed by atoms with Crippen molar-refractivity contribution in [1.82, 2.24) is 0 Å². The van der Waals surface area contributed by atoms with E-state index in [1.54, 1.807) is 6.92 Å². The molecule has 0 aliphatic carbocycles. The monoisotopic (exact) mass is 268 g/mol. The Balaban J connectivity index is 2.46. The van der Waals surface area contributed by atoms with Gasteiger partial charge in [0.25, 0.3) is 0 Å². The molecular weight excluding hydrogens is 256 g/mol. The number of rotatable bonds is 1. The third-order valence-electron chi connectivity index (χ3n) is 3.26. The molecule has 0 amide bonds. The van der Waals surface area contributed by atoms with Crippen LogP contribution in [0.5, 0.6) is 11.5 Å². The topological polar surface area (TPSA) is 70.7 Å². The first-order valence-electron chi connectivity index (χ1n) is 6.13. The first-order chi connectivity index (χ1) is 9.59. The van der Waals surface area contributed by atoms with Gasteiger partial charge in [0.1, 0.15) is 16.9 Å². The van der Waals surface area contributed by atoms with Crippen molar-refractivity contribution in [2.75, 3.05) is 0 Å². The molecule has 0 aliphatic heterocycles. The SMILES string of the molecule is Cc1c(-c2ccccc2)oc2c(O)ccc(O)c2c1=O. The summed E-state index contributed by atoms with van der Waals surface area (Å²) in [4.78, 5) is 12.4. The summed E-state index contributed by atoms with van der Waals surface area (Å²) in [6.07, 6.45) is 0. The van der Waals surface area contributed by atoms with Gasteiger partial charge in [-0.25, -0.2) is 0 Å². The Kier molecular flexibility index (Phi) is 2.71. The van der Waals surface area contributed by atoms with Crippen molar-refractivity contribution in [2.24, 2.45) is 0 Å². The molecule has 0 saturated heterocycles. The average molecular weight is 268 g/mol. The van der Waals surface area contributed by atoms with Crippen LogP contribution in [0.3, 0.4) is 0 Å². The Morgan fingerprint density at radius 2 is 1.60 bits per heavy atom. The lowest BCUT2D eigenvalue weighted by atomic mass is 10.1. The maximum absolute atomic E-state index is 12.4. The highest BCUT2D eigenvalue weighted by Gasteiger charge is 2.17. The fourth-order valence-electron chi connectivity index (χ4n) is 2.22. The van der Waals surface area contributed by atoms with E-state index >= 15 is 0 Å². The molecule has 3 aromatic rings. The molecular formula is C16H12O4. The van der Waals surface area contributed by atoms with Crippen molar-refractivity contribution in [3.8, 4) is 22.8 Å². The second-order valence-electron chi connectivity index (χ2n) is 4.56. The molecule has 1 heterocycles. The predicted molar refractivity (Wildman–Crippen MR) is 76.0 cm³/mol. The zero-order valence-corrected chi connectivity index (χ0v) is 10.8. The Hall–Kier alpha value is -2.75. The van der Waals surface area contributed by atoms with E-state index in [2.05, 4.69) is 0 Å². The number of phenolic OH excluding ortho intramolecular Hbond substituents is 2. The molecule has 2 aromatic carbocycles. The minimum Gasteiger partial charge on any atom is -0.507 e. The lowest BCUT2D eigenvalue weighted by Gasteiger charge is -2.08. The summed E-state index contributed by atoms with van der Waals surface area (Å²) in [6, 6.07) is 11.7. The van der Waals surface area contributed by atoms with Gasteiger partial charge in [-0.2, -0.15) is 0 Å². The number of hydrogen-bond acceptors (Lipinski definition) is 4. The van der Waals surface area contributed by atoms with Crippen molar-refractivity contribution in [3.63, 3.8) is 0 Å². The van der Waals surface area contributed by atoms with Crippen LogP contribution in [0.15, 0.2) is 51.7 Å². The van der Waals surface area contributed by atoms with Crippen LogP contribution in [0.1, 0.15) is 5.56 Å². The quantitative estimate of drug-likeness (QED) is 0.665. The van der Waals surface area contributed by atoms with Crippen LogP contribution >= 0.6 is 0 Å². The minimum atomic E-state index is -0.349. The molecule has 0 aliphatic rings. The summed E-state index contributed by atoms with van der Waals surface area (Å²) in [7, 11) is 0. The molecule has 4 nitrogen and oxygen atoms in total. The average Bonchev–Trinajstić information content (AvgIpc) is 2.47. The van der Waals surface area contributed by atoms with Gasteiger partial charge in [-0.1, -0.05) is 30.3 Å². The van der Waals surface area contributed by atoms with Crippen LogP contribution in [0.4, 0.5) is 0 Å². The lowest BCUT2D eigenvalue weighted by Crippen LogP contribution is -2.07. The van der Waals surface area contributed by atoms with Crippen LogP contribution in [0.2, 0.25) is 0 Å². The van der Waals surface area contributed by atoms with E-state index in [4.69, 9.17) is 4.42 Å². The molecule has 3 rings (SSSR count). The molecule has 20 heavy (non-hydrogen) atoms. The van der Waals surface area contributed by atoms with Crippen molar-refractivity contribution in [3.05, 3.63) is 58.3 Å². The third kappa shape index (κ3) is 1.73. The maximum atomic E-state index is 12.4. The van der Waals surface area contributed by atoms with Gasteiger partial charge in [0.05, 0.1) is 0 Å². The molecule has 0 fully saturated rings. The van der Waals surface area contributed by atoms with E-state index in [1.165, 1.54) is 12.1 Å². The van der Waals surface area contributed by atoms with Gasteiger partial charge in [-0.3, -0.25) is 4.79 Å². The molecule has 0 atom stereocenters. The number of benzene rings is 2. The maximum Gasteiger partial charge on any atom is 0.200 e. The van der Waals surface area contributed by atoms with Crippen molar-refractivity contribution >= 4 is 11.0 Å². The van der Waals surface area contributed by atoms with Crippen LogP contribution in [-0.2, 0) is 0 Å². The molecule has 0 bridgehead atoms. The number of hydrogen-bond donors (Lipinski definition) is 2. The molecule has 4 heteroatoms. The zero-order valence-electron chi connectivity index (χ0n) is 10.8. The molecule has 2 N–H and O–H groups in total. The lowest BCUT2D eigenvalue weighted by molar-refractivity contribution is 0.454. The Labute approximate surface area is 114 Å². The molecule has 1 aromatic heterocycles. The van der Waals surface area contributed by atoms with Crippen LogP contribution in [0, 0.1) is 6.92 Å². The van der Waals surface area contributed by atoms with Gasteiger partial charge in [0.2, 0.25) is 0 Å². The Bertz CT molecular complexity index is 848. The highest BCUT2D eigenvalue weighted by atomic mass is 16.4. The highest BCUT2D eigenvalue weighted by molar-refractivity contribution is 5.89. The van der Waals surface area contributed by atoms with Crippen LogP contribution in [-0.4, -0.2) is 10.2 Å². The van der Waals surface area contributed by atoms with E-state index in [-0.39, 0.29) is 27.9 Å². The summed E-state index contributed by atoms with van der Waals surface area (Å²) in [5.74, 6) is 0.0188. The van der Waals surface area contributed by atoms with Gasteiger partial charge in [-0.05, 0) is 19.1 Å². The van der Waals surface area contributed by atoms with Crippen molar-refractivity contribution in [2.45, 2.75) is 6.92 Å². The second-order valence-corrected chi connectivity index (χ2v) is 4.56. The Morgan fingerprint density at radius 3 is 2.30 bits per heavy atom. The first kappa shape index (κ1) is 12.3. The van der Waals surface area contributed by atoms with E-state index in [0.717, 1.165) is 5.56 Å². The fraction of sp³-hybridized carbons (Fsp3) is 0.0625. The van der Waals surface area contributed by atoms with E-state index in [9.17, 15) is 15.0 Å². The smallest absolute Gasteiger partial charge is 0.200 e. The fourth-order valence-corrected chi connectivity index (χ4v) is 2.22. The van der Waals surface area contributed by atoms with Crippen molar-refractivity contribution < 1.29 is 14.6 Å². The predicted octanol–water partition coefficient (Wildman–Crippen LogP) is 3.18. The van der Waals surface area contributed by atoms with E-state index in [1.807, 2.05) is 30.3 Å². The van der Waals surface area contributed by atoms with Crippen LogP contribution in [0.25, 0.3) is 22.3 Å². The normalized spacial score (nSPS) is 10.8. The molecule has 0 spiro atoms. The standard InChI is InChI=1S/C16H12O4/c1-9-14(19)13-11(17)7-8-12(18)16(13)20-15(9)10-5-3-2-4-6-10/h2-8,17-18H,1H3. The van der Waals surface area contributed by atoms with Gasteiger partial charge >= 0.3 is 0 Å². The van der Waals surface area contributed by atoms with Gasteiger partial charge in [-0.15, -0.1) is 0 Å². The van der Waals surface area contributed by atoms with E-state index < -0.39 is 0 Å². The summed E-state index contributed by atoms with van der Waals surface area (Å²) >= 11 is 0. The summed E-state index contributed by atoms with van der Waals surface area (Å²) < 4.78 is 5.66. The summed E-state index contributed by atoms with van der Waals surface area (Å²) in [5, 5.41) is 19.6. The van der Waals surface area contributed by atoms with Crippen molar-refractivity contribution in [1.29, 1.82) is 0 Å². The van der Waals surface area contributed by atoms with Gasteiger partial charge in [0, 0.05) is 11.1 Å². The molecule has 0 radical (unpaired) electrons. The number of aromatic hydroxyl groups is 2. The zero-order chi connectivity index (χ0) is 14.3. The number of phenols is 2. The molecule has 100 valence electrons. The van der Waals surface area contributed by atoms with Crippen LogP contribution < -0.4 is 5.43 Å². The molecule has 0 unspecified atom stereocenters. The summed E-state index contributed by atoms with van der Waals surface area (Å²) in [5.41, 5.74) is 0.786. The highest BCUT2D eigenvalue weighted by Crippen LogP contribution is 2.33.